The number of nitrogens with zero attached hydrogens (tertiary/aromatic N) is 3. The third-order valence-corrected chi connectivity index (χ3v) is 9.47. The molecule has 2 fully saturated rings. The molecule has 0 bridgehead atoms. The number of anilines is 3. The van der Waals surface area contributed by atoms with Gasteiger partial charge in [-0.3, -0.25) is 9.52 Å². The molecule has 1 aliphatic carbocycles. The van der Waals surface area contributed by atoms with Gasteiger partial charge in [0.05, 0.1) is 47.0 Å². The van der Waals surface area contributed by atoms with Gasteiger partial charge >= 0.3 is 0 Å². The third-order valence-electron chi connectivity index (χ3n) is 8.21. The fraction of sp³-hybridized carbons (Fsp3) is 0.481. The maximum atomic E-state index is 14.1. The zero-order chi connectivity index (χ0) is 27.4. The Hall–Kier alpha value is -3.25. The quantitative estimate of drug-likeness (QED) is 0.403. The number of halogens is 2. The molecule has 6 rings (SSSR count). The van der Waals surface area contributed by atoms with Crippen molar-refractivity contribution in [3.05, 3.63) is 47.8 Å². The SMILES string of the molecule is O=C(Nc1cccc2c1nc1n2CC(F)(F)CC1)c1ccc(NS(=O)(=O)CCO)cc1N1CCC2(CC1)CC2. The minimum Gasteiger partial charge on any atom is -0.395 e. The first-order chi connectivity index (χ1) is 18.6. The number of imidazole rings is 1. The fourth-order valence-electron chi connectivity index (χ4n) is 5.76. The number of aryl methyl sites for hydroxylation is 1. The van der Waals surface area contributed by atoms with Crippen LogP contribution in [0.4, 0.5) is 25.8 Å². The maximum absolute atomic E-state index is 14.1. The topological polar surface area (TPSA) is 117 Å². The predicted octanol–water partition coefficient (Wildman–Crippen LogP) is 3.98. The Morgan fingerprint density at radius 1 is 1.08 bits per heavy atom. The molecule has 1 saturated carbocycles. The predicted molar refractivity (Wildman–Crippen MR) is 145 cm³/mol. The number of aliphatic hydroxyl groups excluding tert-OH is 1. The van der Waals surface area contributed by atoms with E-state index >= 15 is 0 Å². The standard InChI is InChI=1S/C27H31F2N5O4S/c28-27(29)7-6-23-31-24-20(2-1-3-21(24)34(23)17-27)30-25(36)19-5-4-18(32-39(37,38)15-14-35)16-22(19)33-12-10-26(8-9-26)11-13-33/h1-5,16,32,35H,6-15,17H2,(H,30,36). The molecule has 3 heterocycles. The Morgan fingerprint density at radius 2 is 1.85 bits per heavy atom. The number of sulfonamides is 1. The summed E-state index contributed by atoms with van der Waals surface area (Å²) in [6, 6.07) is 9.90. The van der Waals surface area contributed by atoms with Gasteiger partial charge in [0.15, 0.2) is 0 Å². The Morgan fingerprint density at radius 3 is 2.56 bits per heavy atom. The lowest BCUT2D eigenvalue weighted by Crippen LogP contribution is -2.35. The summed E-state index contributed by atoms with van der Waals surface area (Å²) >= 11 is 0. The van der Waals surface area contributed by atoms with Crippen molar-refractivity contribution in [2.45, 2.75) is 51.0 Å². The average Bonchev–Trinajstić information content (AvgIpc) is 3.54. The molecular formula is C27H31F2N5O4S. The Balaban J connectivity index is 1.32. The molecule has 1 amide bonds. The summed E-state index contributed by atoms with van der Waals surface area (Å²) in [4.78, 5) is 20.3. The molecule has 1 spiro atoms. The summed E-state index contributed by atoms with van der Waals surface area (Å²) in [6.07, 6.45) is 4.37. The minimum atomic E-state index is -3.74. The highest BCUT2D eigenvalue weighted by atomic mass is 32.2. The number of para-hydroxylation sites is 1. The van der Waals surface area contributed by atoms with Crippen LogP contribution in [0, 0.1) is 5.41 Å². The second-order valence-electron chi connectivity index (χ2n) is 11.0. The van der Waals surface area contributed by atoms with Crippen LogP contribution in [0.1, 0.15) is 48.3 Å². The summed E-state index contributed by atoms with van der Waals surface area (Å²) in [5, 5.41) is 12.0. The van der Waals surface area contributed by atoms with Crippen LogP contribution in [0.2, 0.25) is 0 Å². The smallest absolute Gasteiger partial charge is 0.266 e. The number of carbonyl (C=O) groups is 1. The zero-order valence-electron chi connectivity index (χ0n) is 21.4. The highest BCUT2D eigenvalue weighted by Gasteiger charge is 2.44. The molecule has 2 aliphatic heterocycles. The first kappa shape index (κ1) is 26.0. The van der Waals surface area contributed by atoms with Crippen LogP contribution in [-0.2, 0) is 23.0 Å². The number of aliphatic hydroxyl groups is 1. The van der Waals surface area contributed by atoms with E-state index in [-0.39, 0.29) is 12.8 Å². The molecule has 1 saturated heterocycles. The van der Waals surface area contributed by atoms with E-state index in [4.69, 9.17) is 5.11 Å². The molecule has 0 unspecified atom stereocenters. The van der Waals surface area contributed by atoms with E-state index in [1.54, 1.807) is 30.3 Å². The maximum Gasteiger partial charge on any atom is 0.266 e. The Labute approximate surface area is 225 Å². The molecule has 2 aromatic carbocycles. The van der Waals surface area contributed by atoms with Crippen molar-refractivity contribution in [1.82, 2.24) is 9.55 Å². The van der Waals surface area contributed by atoms with Crippen LogP contribution < -0.4 is 14.9 Å². The lowest BCUT2D eigenvalue weighted by Gasteiger charge is -2.35. The van der Waals surface area contributed by atoms with Crippen molar-refractivity contribution >= 4 is 44.0 Å². The van der Waals surface area contributed by atoms with E-state index in [1.807, 2.05) is 0 Å². The molecule has 3 aliphatic rings. The minimum absolute atomic E-state index is 0.156. The zero-order valence-corrected chi connectivity index (χ0v) is 22.2. The van der Waals surface area contributed by atoms with Gasteiger partial charge in [0, 0.05) is 25.9 Å². The summed E-state index contributed by atoms with van der Waals surface area (Å²) in [5.74, 6) is -3.06. The molecule has 12 heteroatoms. The van der Waals surface area contributed by atoms with Gasteiger partial charge in [-0.05, 0) is 61.4 Å². The van der Waals surface area contributed by atoms with Crippen molar-refractivity contribution in [1.29, 1.82) is 0 Å². The highest BCUT2D eigenvalue weighted by molar-refractivity contribution is 7.92. The number of fused-ring (bicyclic) bond motifs is 3. The number of carbonyl (C=O) groups excluding carboxylic acids is 1. The molecular weight excluding hydrogens is 528 g/mol. The van der Waals surface area contributed by atoms with Gasteiger partial charge in [0.2, 0.25) is 10.0 Å². The van der Waals surface area contributed by atoms with Crippen molar-refractivity contribution < 1.29 is 27.1 Å². The normalized spacial score (nSPS) is 19.6. The molecule has 208 valence electrons. The van der Waals surface area contributed by atoms with Crippen molar-refractivity contribution in [3.8, 4) is 0 Å². The molecule has 9 nitrogen and oxygen atoms in total. The first-order valence-corrected chi connectivity index (χ1v) is 14.9. The van der Waals surface area contributed by atoms with Crippen molar-refractivity contribution in [2.75, 3.05) is 40.4 Å². The summed E-state index contributed by atoms with van der Waals surface area (Å²) in [6.45, 7) is 0.567. The van der Waals surface area contributed by atoms with Crippen LogP contribution >= 0.6 is 0 Å². The van der Waals surface area contributed by atoms with Gasteiger partial charge < -0.3 is 19.9 Å². The summed E-state index contributed by atoms with van der Waals surface area (Å²) in [7, 11) is -3.74. The van der Waals surface area contributed by atoms with Gasteiger partial charge in [0.25, 0.3) is 11.8 Å². The van der Waals surface area contributed by atoms with E-state index in [0.717, 1.165) is 25.9 Å². The number of hydrogen-bond acceptors (Lipinski definition) is 6. The molecule has 0 atom stereocenters. The van der Waals surface area contributed by atoms with Gasteiger partial charge in [-0.25, -0.2) is 22.2 Å². The lowest BCUT2D eigenvalue weighted by molar-refractivity contribution is -0.0336. The van der Waals surface area contributed by atoms with Gasteiger partial charge in [0.1, 0.15) is 11.3 Å². The van der Waals surface area contributed by atoms with Crippen LogP contribution in [0.15, 0.2) is 36.4 Å². The lowest BCUT2D eigenvalue weighted by atomic mass is 9.93. The first-order valence-electron chi connectivity index (χ1n) is 13.2. The van der Waals surface area contributed by atoms with Crippen molar-refractivity contribution in [3.63, 3.8) is 0 Å². The second kappa shape index (κ2) is 9.44. The number of nitrogens with one attached hydrogen (secondary N) is 2. The summed E-state index contributed by atoms with van der Waals surface area (Å²) < 4.78 is 56.7. The largest absolute Gasteiger partial charge is 0.395 e. The van der Waals surface area contributed by atoms with Crippen LogP contribution in [0.3, 0.4) is 0 Å². The van der Waals surface area contributed by atoms with E-state index in [2.05, 4.69) is 19.9 Å². The van der Waals surface area contributed by atoms with E-state index in [9.17, 15) is 22.0 Å². The summed E-state index contributed by atoms with van der Waals surface area (Å²) in [5.41, 5.74) is 3.14. The van der Waals surface area contributed by atoms with Crippen LogP contribution in [0.25, 0.3) is 11.0 Å². The van der Waals surface area contributed by atoms with Crippen molar-refractivity contribution in [2.24, 2.45) is 5.41 Å². The number of hydrogen-bond donors (Lipinski definition) is 3. The number of piperidine rings is 1. The molecule has 39 heavy (non-hydrogen) atoms. The number of rotatable bonds is 7. The highest BCUT2D eigenvalue weighted by Crippen LogP contribution is 2.54. The number of benzene rings is 2. The number of amides is 1. The second-order valence-corrected chi connectivity index (χ2v) is 12.8. The fourth-order valence-corrected chi connectivity index (χ4v) is 6.58. The molecule has 0 radical (unpaired) electrons. The molecule has 1 aromatic heterocycles. The van der Waals surface area contributed by atoms with E-state index in [0.29, 0.717) is 44.9 Å². The van der Waals surface area contributed by atoms with Crippen LogP contribution in [0.5, 0.6) is 0 Å². The van der Waals surface area contributed by atoms with E-state index in [1.165, 1.54) is 23.5 Å². The number of aromatic nitrogens is 2. The molecule has 3 N–H and O–H groups in total. The van der Waals surface area contributed by atoms with Gasteiger partial charge in [-0.15, -0.1) is 0 Å². The third kappa shape index (κ3) is 5.19. The van der Waals surface area contributed by atoms with Gasteiger partial charge in [-0.1, -0.05) is 6.07 Å². The van der Waals surface area contributed by atoms with Crippen LogP contribution in [-0.4, -0.2) is 60.4 Å². The van der Waals surface area contributed by atoms with Gasteiger partial charge in [-0.2, -0.15) is 0 Å². The average molecular weight is 560 g/mol. The monoisotopic (exact) mass is 559 g/mol. The number of alkyl halides is 2. The Kier molecular flexibility index (Phi) is 6.29. The van der Waals surface area contributed by atoms with E-state index < -0.39 is 40.8 Å². The molecule has 3 aromatic rings. The Bertz CT molecular complexity index is 1540.